The number of carboxylic acids is 1. The number of hydrogen-bond donors (Lipinski definition) is 2. The summed E-state index contributed by atoms with van der Waals surface area (Å²) in [4.78, 5) is 12.9. The molecule has 18 heavy (non-hydrogen) atoms. The van der Waals surface area contributed by atoms with Crippen molar-refractivity contribution in [3.05, 3.63) is 23.2 Å². The average molecular weight is 255 g/mol. The van der Waals surface area contributed by atoms with Crippen LogP contribution in [0.2, 0.25) is 0 Å². The zero-order valence-electron chi connectivity index (χ0n) is 10.3. The Morgan fingerprint density at radius 3 is 3.00 bits per heavy atom. The minimum atomic E-state index is -1.06. The van der Waals surface area contributed by atoms with Crippen molar-refractivity contribution in [1.29, 1.82) is 0 Å². The summed E-state index contributed by atoms with van der Waals surface area (Å²) in [6.45, 7) is 4.02. The second-order valence-electron chi connectivity index (χ2n) is 4.41. The van der Waals surface area contributed by atoms with Crippen molar-refractivity contribution in [2.45, 2.75) is 19.5 Å². The van der Waals surface area contributed by atoms with Crippen LogP contribution in [0.3, 0.4) is 0 Å². The van der Waals surface area contributed by atoms with E-state index in [0.717, 1.165) is 0 Å². The van der Waals surface area contributed by atoms with Gasteiger partial charge < -0.3 is 19.4 Å². The molecule has 1 aromatic rings. The highest BCUT2D eigenvalue weighted by Crippen LogP contribution is 2.18. The number of morpholine rings is 1. The number of furan rings is 1. The Labute approximate surface area is 105 Å². The van der Waals surface area contributed by atoms with Gasteiger partial charge in [0, 0.05) is 12.1 Å². The van der Waals surface area contributed by atoms with Gasteiger partial charge in [0.25, 0.3) is 0 Å². The lowest BCUT2D eigenvalue weighted by molar-refractivity contribution is -0.0337. The van der Waals surface area contributed by atoms with Gasteiger partial charge in [0.15, 0.2) is 0 Å². The van der Waals surface area contributed by atoms with Crippen molar-refractivity contribution < 1.29 is 24.2 Å². The van der Waals surface area contributed by atoms with Crippen LogP contribution in [0.1, 0.15) is 21.9 Å². The summed E-state index contributed by atoms with van der Waals surface area (Å²) >= 11 is 0. The van der Waals surface area contributed by atoms with Crippen LogP contribution in [0.5, 0.6) is 0 Å². The van der Waals surface area contributed by atoms with E-state index in [1.54, 1.807) is 13.0 Å². The molecular formula is C12H17NO5. The molecule has 1 saturated heterocycles. The van der Waals surface area contributed by atoms with Gasteiger partial charge in [-0.05, 0) is 13.0 Å². The fraction of sp³-hybridized carbons (Fsp3) is 0.583. The Hall–Kier alpha value is -1.37. The third kappa shape index (κ3) is 2.72. The minimum absolute atomic E-state index is 0.0150. The Kier molecular flexibility index (Phi) is 4.00. The molecule has 1 fully saturated rings. The van der Waals surface area contributed by atoms with E-state index in [1.165, 1.54) is 0 Å². The highest BCUT2D eigenvalue weighted by atomic mass is 16.5. The maximum atomic E-state index is 10.9. The molecule has 6 heteroatoms. The van der Waals surface area contributed by atoms with E-state index in [9.17, 15) is 9.90 Å². The summed E-state index contributed by atoms with van der Waals surface area (Å²) in [5.41, 5.74) is 0.617. The summed E-state index contributed by atoms with van der Waals surface area (Å²) in [5, 5.41) is 18.2. The van der Waals surface area contributed by atoms with Crippen LogP contribution in [-0.4, -0.2) is 53.5 Å². The second-order valence-corrected chi connectivity index (χ2v) is 4.41. The van der Waals surface area contributed by atoms with Gasteiger partial charge in [0.1, 0.15) is 5.76 Å². The van der Waals surface area contributed by atoms with E-state index < -0.39 is 5.97 Å². The van der Waals surface area contributed by atoms with Crippen molar-refractivity contribution >= 4 is 5.97 Å². The lowest BCUT2D eigenvalue weighted by atomic mass is 10.2. The third-order valence-electron chi connectivity index (χ3n) is 3.08. The SMILES string of the molecule is Cc1cc(CN2CCOCC2CO)oc1C(=O)O. The number of carbonyl (C=O) groups is 1. The van der Waals surface area contributed by atoms with E-state index >= 15 is 0 Å². The molecule has 1 aliphatic heterocycles. The van der Waals surface area contributed by atoms with Gasteiger partial charge >= 0.3 is 5.97 Å². The van der Waals surface area contributed by atoms with Crippen LogP contribution in [-0.2, 0) is 11.3 Å². The molecule has 1 aliphatic rings. The second kappa shape index (κ2) is 5.51. The molecule has 1 unspecified atom stereocenters. The number of rotatable bonds is 4. The number of aliphatic hydroxyl groups excluding tert-OH is 1. The molecule has 100 valence electrons. The molecule has 2 rings (SSSR count). The van der Waals surface area contributed by atoms with Gasteiger partial charge in [0.2, 0.25) is 5.76 Å². The van der Waals surface area contributed by atoms with Gasteiger partial charge in [-0.3, -0.25) is 4.90 Å². The fourth-order valence-electron chi connectivity index (χ4n) is 2.10. The number of ether oxygens (including phenoxy) is 1. The molecule has 1 atom stereocenters. The van der Waals surface area contributed by atoms with Gasteiger partial charge in [-0.25, -0.2) is 4.79 Å². The highest BCUT2D eigenvalue weighted by Gasteiger charge is 2.24. The first-order chi connectivity index (χ1) is 8.61. The zero-order chi connectivity index (χ0) is 13.1. The maximum Gasteiger partial charge on any atom is 0.372 e. The van der Waals surface area contributed by atoms with E-state index in [0.29, 0.717) is 37.6 Å². The summed E-state index contributed by atoms with van der Waals surface area (Å²) < 4.78 is 10.6. The van der Waals surface area contributed by atoms with Gasteiger partial charge in [-0.15, -0.1) is 0 Å². The van der Waals surface area contributed by atoms with Crippen LogP contribution in [0.25, 0.3) is 0 Å². The van der Waals surface area contributed by atoms with Gasteiger partial charge in [-0.1, -0.05) is 0 Å². The monoisotopic (exact) mass is 255 g/mol. The quantitative estimate of drug-likeness (QED) is 0.814. The first-order valence-corrected chi connectivity index (χ1v) is 5.87. The third-order valence-corrected chi connectivity index (χ3v) is 3.08. The van der Waals surface area contributed by atoms with Crippen molar-refractivity contribution in [2.75, 3.05) is 26.4 Å². The highest BCUT2D eigenvalue weighted by molar-refractivity contribution is 5.86. The molecule has 2 heterocycles. The Morgan fingerprint density at radius 2 is 2.39 bits per heavy atom. The Balaban J connectivity index is 2.08. The van der Waals surface area contributed by atoms with E-state index in [4.69, 9.17) is 14.3 Å². The van der Waals surface area contributed by atoms with Crippen LogP contribution < -0.4 is 0 Å². The summed E-state index contributed by atoms with van der Waals surface area (Å²) in [6.07, 6.45) is 0. The smallest absolute Gasteiger partial charge is 0.372 e. The number of carboxylic acid groups (broad SMARTS) is 1. The molecular weight excluding hydrogens is 238 g/mol. The number of aliphatic hydroxyl groups is 1. The number of hydrogen-bond acceptors (Lipinski definition) is 5. The van der Waals surface area contributed by atoms with E-state index in [2.05, 4.69) is 0 Å². The van der Waals surface area contributed by atoms with E-state index in [1.807, 2.05) is 4.90 Å². The van der Waals surface area contributed by atoms with Crippen molar-refractivity contribution in [3.8, 4) is 0 Å². The fourth-order valence-corrected chi connectivity index (χ4v) is 2.10. The topological polar surface area (TPSA) is 83.1 Å². The molecule has 0 bridgehead atoms. The largest absolute Gasteiger partial charge is 0.475 e. The molecule has 0 aromatic carbocycles. The molecule has 0 saturated carbocycles. The first-order valence-electron chi connectivity index (χ1n) is 5.87. The standard InChI is InChI=1S/C12H17NO5/c1-8-4-10(18-11(8)12(15)16)5-13-2-3-17-7-9(13)6-14/h4,9,14H,2-3,5-7H2,1H3,(H,15,16). The Morgan fingerprint density at radius 1 is 1.61 bits per heavy atom. The average Bonchev–Trinajstić information content (AvgIpc) is 2.71. The lowest BCUT2D eigenvalue weighted by Crippen LogP contribution is -2.46. The van der Waals surface area contributed by atoms with Crippen molar-refractivity contribution in [1.82, 2.24) is 4.90 Å². The summed E-state index contributed by atoms with van der Waals surface area (Å²) in [6, 6.07) is 1.67. The molecule has 6 nitrogen and oxygen atoms in total. The Bertz CT molecular complexity index is 428. The number of aromatic carboxylic acids is 1. The molecule has 0 amide bonds. The van der Waals surface area contributed by atoms with Crippen molar-refractivity contribution in [3.63, 3.8) is 0 Å². The summed E-state index contributed by atoms with van der Waals surface area (Å²) in [5.74, 6) is -0.469. The predicted octanol–water partition coefficient (Wildman–Crippen LogP) is 0.479. The van der Waals surface area contributed by atoms with Crippen LogP contribution in [0, 0.1) is 6.92 Å². The molecule has 0 radical (unpaired) electrons. The first kappa shape index (κ1) is 13.1. The molecule has 0 aliphatic carbocycles. The molecule has 2 N–H and O–H groups in total. The lowest BCUT2D eigenvalue weighted by Gasteiger charge is -2.33. The zero-order valence-corrected chi connectivity index (χ0v) is 10.3. The van der Waals surface area contributed by atoms with Gasteiger partial charge in [-0.2, -0.15) is 0 Å². The van der Waals surface area contributed by atoms with Crippen LogP contribution >= 0.6 is 0 Å². The molecule has 0 spiro atoms. The molecule has 1 aromatic heterocycles. The van der Waals surface area contributed by atoms with E-state index in [-0.39, 0.29) is 18.4 Å². The van der Waals surface area contributed by atoms with Gasteiger partial charge in [0.05, 0.1) is 32.4 Å². The van der Waals surface area contributed by atoms with Crippen LogP contribution in [0.4, 0.5) is 0 Å². The predicted molar refractivity (Wildman–Crippen MR) is 62.5 cm³/mol. The van der Waals surface area contributed by atoms with Crippen molar-refractivity contribution in [2.24, 2.45) is 0 Å². The van der Waals surface area contributed by atoms with Crippen LogP contribution in [0.15, 0.2) is 10.5 Å². The number of aryl methyl sites for hydroxylation is 1. The maximum absolute atomic E-state index is 10.9. The minimum Gasteiger partial charge on any atom is -0.475 e. The summed E-state index contributed by atoms with van der Waals surface area (Å²) in [7, 11) is 0. The number of nitrogens with zero attached hydrogens (tertiary/aromatic N) is 1. The normalized spacial score (nSPS) is 21.1.